The van der Waals surface area contributed by atoms with Gasteiger partial charge in [-0.3, -0.25) is 4.79 Å². The molecule has 0 saturated heterocycles. The zero-order valence-electron chi connectivity index (χ0n) is 10.9. The number of amides is 1. The Labute approximate surface area is 124 Å². The van der Waals surface area contributed by atoms with Gasteiger partial charge in [0.1, 0.15) is 10.6 Å². The Morgan fingerprint density at radius 1 is 1.40 bits per heavy atom. The van der Waals surface area contributed by atoms with E-state index < -0.39 is 5.97 Å². The number of nitrogens with zero attached hydrogens (tertiary/aromatic N) is 1. The van der Waals surface area contributed by atoms with Gasteiger partial charge < -0.3 is 15.0 Å². The number of hydrogen-bond donors (Lipinski definition) is 2. The van der Waals surface area contributed by atoms with Gasteiger partial charge in [0.05, 0.1) is 10.0 Å². The Kier molecular flexibility index (Phi) is 4.15. The number of aromatic nitrogens is 1. The smallest absolute Gasteiger partial charge is 0.345 e. The van der Waals surface area contributed by atoms with Crippen LogP contribution in [-0.4, -0.2) is 21.6 Å². The summed E-state index contributed by atoms with van der Waals surface area (Å²) < 4.78 is 1.77. The van der Waals surface area contributed by atoms with E-state index in [2.05, 4.69) is 5.32 Å². The van der Waals surface area contributed by atoms with Crippen molar-refractivity contribution in [2.75, 3.05) is 5.32 Å². The summed E-state index contributed by atoms with van der Waals surface area (Å²) in [5, 5.41) is 12.5. The maximum atomic E-state index is 12.2. The number of carbonyl (C=O) groups excluding carboxylic acids is 1. The summed E-state index contributed by atoms with van der Waals surface area (Å²) in [6, 6.07) is 4.71. The molecule has 0 spiro atoms. The van der Waals surface area contributed by atoms with Gasteiger partial charge in [-0.25, -0.2) is 4.79 Å². The van der Waals surface area contributed by atoms with Crippen LogP contribution in [0.25, 0.3) is 0 Å². The summed E-state index contributed by atoms with van der Waals surface area (Å²) in [6.45, 7) is 3.89. The zero-order valence-corrected chi connectivity index (χ0v) is 12.5. The molecule has 7 heteroatoms. The van der Waals surface area contributed by atoms with Crippen LogP contribution in [0.2, 0.25) is 5.02 Å². The molecule has 0 bridgehead atoms. The van der Waals surface area contributed by atoms with Crippen LogP contribution in [0.15, 0.2) is 24.4 Å². The first-order valence-electron chi connectivity index (χ1n) is 5.90. The van der Waals surface area contributed by atoms with Crippen LogP contribution in [0.3, 0.4) is 0 Å². The monoisotopic (exact) mass is 312 g/mol. The Balaban J connectivity index is 2.21. The maximum Gasteiger partial charge on any atom is 0.345 e. The predicted octanol–water partition coefficient (Wildman–Crippen LogP) is 3.73. The van der Waals surface area contributed by atoms with E-state index >= 15 is 0 Å². The molecule has 5 nitrogen and oxygen atoms in total. The molecule has 0 unspecified atom stereocenters. The van der Waals surface area contributed by atoms with Crippen molar-refractivity contribution in [2.45, 2.75) is 19.9 Å². The number of rotatable bonds is 4. The summed E-state index contributed by atoms with van der Waals surface area (Å²) in [5.41, 5.74) is 0.440. The molecular weight excluding hydrogens is 300 g/mol. The number of carbonyl (C=O) groups is 2. The highest BCUT2D eigenvalue weighted by Gasteiger charge is 2.16. The first-order chi connectivity index (χ1) is 9.38. The molecule has 0 aromatic carbocycles. The number of aromatic carboxylic acids is 1. The molecule has 0 aliphatic rings. The predicted molar refractivity (Wildman–Crippen MR) is 79.1 cm³/mol. The van der Waals surface area contributed by atoms with Crippen molar-refractivity contribution in [3.63, 3.8) is 0 Å². The van der Waals surface area contributed by atoms with E-state index in [-0.39, 0.29) is 16.8 Å². The van der Waals surface area contributed by atoms with Crippen LogP contribution in [-0.2, 0) is 0 Å². The van der Waals surface area contributed by atoms with Crippen LogP contribution in [0, 0.1) is 0 Å². The molecule has 0 aliphatic carbocycles. The SMILES string of the molecule is CC(C)n1cc(Cl)cc1C(=O)Nc1ccc(C(=O)O)s1. The van der Waals surface area contributed by atoms with Gasteiger partial charge in [0.2, 0.25) is 0 Å². The van der Waals surface area contributed by atoms with E-state index in [1.807, 2.05) is 13.8 Å². The van der Waals surface area contributed by atoms with Gasteiger partial charge in [-0.1, -0.05) is 11.6 Å². The number of nitrogens with one attached hydrogen (secondary N) is 1. The molecule has 1 amide bonds. The quantitative estimate of drug-likeness (QED) is 0.903. The summed E-state index contributed by atoms with van der Waals surface area (Å²) >= 11 is 6.94. The molecule has 106 valence electrons. The number of carboxylic acid groups (broad SMARTS) is 1. The molecule has 2 rings (SSSR count). The third-order valence-corrected chi connectivity index (χ3v) is 3.85. The first kappa shape index (κ1) is 14.6. The van der Waals surface area contributed by atoms with Gasteiger partial charge in [0.15, 0.2) is 0 Å². The van der Waals surface area contributed by atoms with Crippen molar-refractivity contribution in [1.29, 1.82) is 0 Å². The normalized spacial score (nSPS) is 10.8. The highest BCUT2D eigenvalue weighted by atomic mass is 35.5. The second-order valence-corrected chi connectivity index (χ2v) is 5.99. The average molecular weight is 313 g/mol. The Morgan fingerprint density at radius 2 is 2.10 bits per heavy atom. The first-order valence-corrected chi connectivity index (χ1v) is 7.09. The molecule has 0 aliphatic heterocycles. The van der Waals surface area contributed by atoms with Gasteiger partial charge >= 0.3 is 5.97 Å². The molecule has 2 N–H and O–H groups in total. The minimum Gasteiger partial charge on any atom is -0.477 e. The van der Waals surface area contributed by atoms with E-state index in [9.17, 15) is 9.59 Å². The van der Waals surface area contributed by atoms with Crippen LogP contribution >= 0.6 is 22.9 Å². The van der Waals surface area contributed by atoms with Gasteiger partial charge in [-0.05, 0) is 32.0 Å². The fourth-order valence-electron chi connectivity index (χ4n) is 1.75. The molecular formula is C13H13ClN2O3S. The Bertz CT molecular complexity index is 660. The summed E-state index contributed by atoms with van der Waals surface area (Å²) in [7, 11) is 0. The largest absolute Gasteiger partial charge is 0.477 e. The van der Waals surface area contributed by atoms with Crippen molar-refractivity contribution in [2.24, 2.45) is 0 Å². The molecule has 2 heterocycles. The van der Waals surface area contributed by atoms with Crippen molar-refractivity contribution in [1.82, 2.24) is 4.57 Å². The maximum absolute atomic E-state index is 12.2. The highest BCUT2D eigenvalue weighted by molar-refractivity contribution is 7.18. The lowest BCUT2D eigenvalue weighted by molar-refractivity contribution is 0.0702. The van der Waals surface area contributed by atoms with Gasteiger partial charge in [-0.15, -0.1) is 11.3 Å². The highest BCUT2D eigenvalue weighted by Crippen LogP contribution is 2.24. The third kappa shape index (κ3) is 3.02. The van der Waals surface area contributed by atoms with E-state index in [0.717, 1.165) is 11.3 Å². The Morgan fingerprint density at radius 3 is 2.65 bits per heavy atom. The third-order valence-electron chi connectivity index (χ3n) is 2.66. The summed E-state index contributed by atoms with van der Waals surface area (Å²) in [5.74, 6) is -1.33. The molecule has 2 aromatic heterocycles. The van der Waals surface area contributed by atoms with Crippen LogP contribution in [0.5, 0.6) is 0 Å². The summed E-state index contributed by atoms with van der Waals surface area (Å²) in [6.07, 6.45) is 1.69. The van der Waals surface area contributed by atoms with E-state index in [1.54, 1.807) is 22.9 Å². The molecule has 0 fully saturated rings. The van der Waals surface area contributed by atoms with Gasteiger partial charge in [0, 0.05) is 12.2 Å². The number of carboxylic acids is 1. The van der Waals surface area contributed by atoms with Crippen molar-refractivity contribution < 1.29 is 14.7 Å². The molecule has 0 radical (unpaired) electrons. The molecule has 0 saturated carbocycles. The number of hydrogen-bond acceptors (Lipinski definition) is 3. The molecule has 2 aromatic rings. The van der Waals surface area contributed by atoms with Gasteiger partial charge in [-0.2, -0.15) is 0 Å². The topological polar surface area (TPSA) is 71.3 Å². The van der Waals surface area contributed by atoms with Crippen LogP contribution < -0.4 is 5.32 Å². The average Bonchev–Trinajstić information content (AvgIpc) is 2.95. The minimum absolute atomic E-state index is 0.0983. The fourth-order valence-corrected chi connectivity index (χ4v) is 2.70. The lowest BCUT2D eigenvalue weighted by Crippen LogP contribution is -2.17. The van der Waals surface area contributed by atoms with E-state index in [0.29, 0.717) is 15.7 Å². The minimum atomic E-state index is -1.01. The Hall–Kier alpha value is -1.79. The van der Waals surface area contributed by atoms with Crippen molar-refractivity contribution >= 4 is 39.8 Å². The van der Waals surface area contributed by atoms with Crippen molar-refractivity contribution in [3.05, 3.63) is 40.0 Å². The molecule has 20 heavy (non-hydrogen) atoms. The molecule has 0 atom stereocenters. The zero-order chi connectivity index (χ0) is 14.9. The number of thiophene rings is 1. The van der Waals surface area contributed by atoms with Crippen LogP contribution in [0.4, 0.5) is 5.00 Å². The second-order valence-electron chi connectivity index (χ2n) is 4.47. The lowest BCUT2D eigenvalue weighted by Gasteiger charge is -2.11. The van der Waals surface area contributed by atoms with Crippen LogP contribution in [0.1, 0.15) is 40.0 Å². The fraction of sp³-hybridized carbons (Fsp3) is 0.231. The summed E-state index contributed by atoms with van der Waals surface area (Å²) in [4.78, 5) is 23.2. The van der Waals surface area contributed by atoms with E-state index in [1.165, 1.54) is 6.07 Å². The number of anilines is 1. The lowest BCUT2D eigenvalue weighted by atomic mass is 10.3. The standard InChI is InChI=1S/C13H13ClN2O3S/c1-7(2)16-6-8(14)5-9(16)12(17)15-11-4-3-10(20-11)13(18)19/h3-7H,1-2H3,(H,15,17)(H,18,19). The van der Waals surface area contributed by atoms with Crippen molar-refractivity contribution in [3.8, 4) is 0 Å². The second kappa shape index (κ2) is 5.68. The van der Waals surface area contributed by atoms with Gasteiger partial charge in [0.25, 0.3) is 5.91 Å². The number of halogens is 1. The van der Waals surface area contributed by atoms with E-state index in [4.69, 9.17) is 16.7 Å².